The Balaban J connectivity index is 1.52. The fourth-order valence-corrected chi connectivity index (χ4v) is 6.50. The Morgan fingerprint density at radius 2 is 1.33 bits per heavy atom. The highest BCUT2D eigenvalue weighted by molar-refractivity contribution is 9.10. The molecule has 0 saturated carbocycles. The average molecular weight is 635 g/mol. The van der Waals surface area contributed by atoms with Gasteiger partial charge in [0, 0.05) is 28.0 Å². The molecule has 5 aromatic rings. The summed E-state index contributed by atoms with van der Waals surface area (Å²) in [5.41, 5.74) is 5.77. The lowest BCUT2D eigenvalue weighted by Crippen LogP contribution is -2.26. The van der Waals surface area contributed by atoms with Gasteiger partial charge in [0.1, 0.15) is 5.75 Å². The molecule has 6 heteroatoms. The van der Waals surface area contributed by atoms with Crippen molar-refractivity contribution in [3.05, 3.63) is 148 Å². The third kappa shape index (κ3) is 5.81. The first-order valence-corrected chi connectivity index (χ1v) is 15.0. The fourth-order valence-electron chi connectivity index (χ4n) is 6.23. The maximum Gasteiger partial charge on any atom is 0.168 e. The summed E-state index contributed by atoms with van der Waals surface area (Å²) in [6.07, 6.45) is 0. The van der Waals surface area contributed by atoms with Crippen molar-refractivity contribution in [3.63, 3.8) is 0 Å². The number of rotatable bonds is 8. The monoisotopic (exact) mass is 633 g/mol. The maximum absolute atomic E-state index is 14.5. The van der Waals surface area contributed by atoms with Crippen LogP contribution in [0, 0.1) is 5.92 Å². The van der Waals surface area contributed by atoms with E-state index in [1.165, 1.54) is 0 Å². The molecule has 5 aromatic carbocycles. The van der Waals surface area contributed by atoms with Crippen LogP contribution in [0.4, 0.5) is 0 Å². The predicted molar refractivity (Wildman–Crippen MR) is 173 cm³/mol. The molecule has 1 fully saturated rings. The largest absolute Gasteiger partial charge is 0.508 e. The number of benzene rings is 5. The first kappa shape index (κ1) is 28.7. The van der Waals surface area contributed by atoms with E-state index in [1.54, 1.807) is 38.5 Å². The van der Waals surface area contributed by atoms with Crippen LogP contribution in [0.3, 0.4) is 0 Å². The molecule has 43 heavy (non-hydrogen) atoms. The van der Waals surface area contributed by atoms with Gasteiger partial charge in [0.25, 0.3) is 0 Å². The molecule has 4 atom stereocenters. The number of Topliss-reactive ketones (excluding diaryl/α,β-unsaturated/α-hetero) is 1. The number of nitrogens with one attached hydrogen (secondary N) is 1. The van der Waals surface area contributed by atoms with Crippen molar-refractivity contribution in [2.24, 2.45) is 5.92 Å². The van der Waals surface area contributed by atoms with Gasteiger partial charge in [-0.25, -0.2) is 0 Å². The van der Waals surface area contributed by atoms with Gasteiger partial charge in [0.05, 0.1) is 20.1 Å². The van der Waals surface area contributed by atoms with Crippen LogP contribution in [-0.4, -0.2) is 25.1 Å². The summed E-state index contributed by atoms with van der Waals surface area (Å²) in [5, 5.41) is 14.1. The number of carbonyl (C=O) groups is 1. The van der Waals surface area contributed by atoms with Crippen molar-refractivity contribution >= 4 is 21.7 Å². The first-order chi connectivity index (χ1) is 21.0. The highest BCUT2D eigenvalue weighted by Gasteiger charge is 2.48. The van der Waals surface area contributed by atoms with Gasteiger partial charge in [-0.05, 0) is 64.2 Å². The highest BCUT2D eigenvalue weighted by Crippen LogP contribution is 2.52. The first-order valence-electron chi connectivity index (χ1n) is 14.2. The van der Waals surface area contributed by atoms with Crippen LogP contribution < -0.4 is 14.8 Å². The Kier molecular flexibility index (Phi) is 8.32. The topological polar surface area (TPSA) is 67.8 Å². The summed E-state index contributed by atoms with van der Waals surface area (Å²) in [4.78, 5) is 14.5. The molecule has 0 bridgehead atoms. The van der Waals surface area contributed by atoms with E-state index >= 15 is 0 Å². The Labute approximate surface area is 260 Å². The van der Waals surface area contributed by atoms with E-state index < -0.39 is 5.92 Å². The second-order valence-corrected chi connectivity index (χ2v) is 11.7. The summed E-state index contributed by atoms with van der Waals surface area (Å²) in [6, 6.07) is 38.9. The van der Waals surface area contributed by atoms with Gasteiger partial charge in [-0.3, -0.25) is 4.79 Å². The lowest BCUT2D eigenvalue weighted by molar-refractivity contribution is 0.0896. The minimum Gasteiger partial charge on any atom is -0.508 e. The van der Waals surface area contributed by atoms with Crippen molar-refractivity contribution < 1.29 is 19.4 Å². The third-order valence-electron chi connectivity index (χ3n) is 8.30. The van der Waals surface area contributed by atoms with Gasteiger partial charge < -0.3 is 19.9 Å². The van der Waals surface area contributed by atoms with Crippen molar-refractivity contribution in [2.75, 3.05) is 14.2 Å². The van der Waals surface area contributed by atoms with Crippen molar-refractivity contribution in [1.82, 2.24) is 5.32 Å². The van der Waals surface area contributed by atoms with Crippen LogP contribution in [-0.2, 0) is 0 Å². The predicted octanol–water partition coefficient (Wildman–Crippen LogP) is 8.51. The summed E-state index contributed by atoms with van der Waals surface area (Å²) in [6.45, 7) is 0. The average Bonchev–Trinajstić information content (AvgIpc) is 3.45. The van der Waals surface area contributed by atoms with Crippen LogP contribution >= 0.6 is 15.9 Å². The van der Waals surface area contributed by atoms with Crippen LogP contribution in [0.15, 0.2) is 126 Å². The van der Waals surface area contributed by atoms with Crippen LogP contribution in [0.2, 0.25) is 0 Å². The van der Waals surface area contributed by atoms with E-state index in [-0.39, 0.29) is 29.5 Å². The maximum atomic E-state index is 14.5. The summed E-state index contributed by atoms with van der Waals surface area (Å²) in [5.74, 6) is 0.608. The second kappa shape index (κ2) is 12.5. The van der Waals surface area contributed by atoms with Crippen molar-refractivity contribution in [3.8, 4) is 28.4 Å². The smallest absolute Gasteiger partial charge is 0.168 e. The molecule has 6 rings (SSSR count). The number of aromatic hydroxyl groups is 1. The number of phenolic OH excluding ortho intramolecular Hbond substituents is 1. The van der Waals surface area contributed by atoms with Gasteiger partial charge in [-0.2, -0.15) is 0 Å². The number of hydrogen-bond donors (Lipinski definition) is 2. The molecule has 0 unspecified atom stereocenters. The zero-order valence-corrected chi connectivity index (χ0v) is 25.5. The number of phenols is 1. The molecule has 0 aromatic heterocycles. The zero-order chi connectivity index (χ0) is 29.9. The van der Waals surface area contributed by atoms with Crippen LogP contribution in [0.25, 0.3) is 11.1 Å². The van der Waals surface area contributed by atoms with Gasteiger partial charge in [0.2, 0.25) is 0 Å². The van der Waals surface area contributed by atoms with E-state index in [9.17, 15) is 9.90 Å². The summed E-state index contributed by atoms with van der Waals surface area (Å²) in [7, 11) is 3.25. The van der Waals surface area contributed by atoms with Crippen molar-refractivity contribution in [1.29, 1.82) is 0 Å². The van der Waals surface area contributed by atoms with Gasteiger partial charge in [-0.1, -0.05) is 101 Å². The minimum absolute atomic E-state index is 0.0311. The van der Waals surface area contributed by atoms with Gasteiger partial charge in [-0.15, -0.1) is 0 Å². The number of halogens is 1. The fraction of sp³-hybridized carbons (Fsp3) is 0.162. The number of methoxy groups -OCH3 is 2. The normalized spacial score (nSPS) is 19.6. The molecule has 0 amide bonds. The molecule has 216 valence electrons. The Bertz CT molecular complexity index is 1720. The number of ketones is 1. The lowest BCUT2D eigenvalue weighted by Gasteiger charge is -2.26. The molecule has 0 aliphatic carbocycles. The quantitative estimate of drug-likeness (QED) is 0.168. The molecule has 1 aliphatic heterocycles. The number of hydrogen-bond acceptors (Lipinski definition) is 5. The molecule has 1 aliphatic rings. The third-order valence-corrected chi connectivity index (χ3v) is 8.82. The molecule has 2 N–H and O–H groups in total. The minimum atomic E-state index is -0.469. The Morgan fingerprint density at radius 1 is 0.674 bits per heavy atom. The lowest BCUT2D eigenvalue weighted by atomic mass is 9.74. The van der Waals surface area contributed by atoms with Gasteiger partial charge in [0.15, 0.2) is 17.3 Å². The molecular weight excluding hydrogens is 602 g/mol. The van der Waals surface area contributed by atoms with E-state index in [0.29, 0.717) is 17.1 Å². The highest BCUT2D eigenvalue weighted by atomic mass is 79.9. The van der Waals surface area contributed by atoms with E-state index in [4.69, 9.17) is 9.47 Å². The van der Waals surface area contributed by atoms with Gasteiger partial charge >= 0.3 is 0 Å². The molecule has 5 nitrogen and oxygen atoms in total. The SMILES string of the molecule is COc1ccc([C@@H]2N[C@H](c3ccc(Br)cc3)[C@H](C(=O)c3cccc(O)c3)[C@H]2c2ccc(-c3ccccc3)cc2)cc1OC. The number of carbonyl (C=O) groups excluding carboxylic acids is 1. The van der Waals surface area contributed by atoms with E-state index in [2.05, 4.69) is 69.8 Å². The Hall–Kier alpha value is -4.39. The van der Waals surface area contributed by atoms with E-state index in [1.807, 2.05) is 48.5 Å². The second-order valence-electron chi connectivity index (χ2n) is 10.7. The van der Waals surface area contributed by atoms with Crippen LogP contribution in [0.1, 0.15) is 45.0 Å². The summed E-state index contributed by atoms with van der Waals surface area (Å²) < 4.78 is 12.2. The molecule has 0 spiro atoms. The van der Waals surface area contributed by atoms with Crippen LogP contribution in [0.5, 0.6) is 17.2 Å². The Morgan fingerprint density at radius 3 is 2.00 bits per heavy atom. The zero-order valence-electron chi connectivity index (χ0n) is 23.9. The van der Waals surface area contributed by atoms with Crippen molar-refractivity contribution in [2.45, 2.75) is 18.0 Å². The molecule has 0 radical (unpaired) electrons. The standard InChI is InChI=1S/C37H32BrNO4/c1-42-31-20-17-27(22-32(31)43-2)36-33(25-13-11-24(12-14-25)23-7-4-3-5-8-23)34(37(41)28-9-6-10-30(40)21-28)35(39-36)26-15-18-29(38)19-16-26/h3-22,33-36,39-40H,1-2H3/t33-,34-,35-,36+/m1/s1. The molecule has 1 saturated heterocycles. The number of ether oxygens (including phenoxy) is 2. The molecule has 1 heterocycles. The van der Waals surface area contributed by atoms with E-state index in [0.717, 1.165) is 32.3 Å². The molecular formula is C37H32BrNO4. The summed E-state index contributed by atoms with van der Waals surface area (Å²) >= 11 is 3.55.